The van der Waals surface area contributed by atoms with Crippen molar-refractivity contribution in [2.45, 2.75) is 25.8 Å². The van der Waals surface area contributed by atoms with Gasteiger partial charge in [0.2, 0.25) is 0 Å². The Bertz CT molecular complexity index is 402. The number of rotatable bonds is 2. The SMILES string of the molecule is Cc1nc(NC2CCCNC2)ccc1C#N. The third-order valence-corrected chi connectivity index (χ3v) is 2.86. The zero-order valence-electron chi connectivity index (χ0n) is 9.45. The number of aryl methyl sites for hydroxylation is 1. The largest absolute Gasteiger partial charge is 0.366 e. The van der Waals surface area contributed by atoms with Crippen LogP contribution in [0.3, 0.4) is 0 Å². The first-order chi connectivity index (χ1) is 7.79. The standard InChI is InChI=1S/C12H16N4/c1-9-10(7-13)4-5-12(15-9)16-11-3-2-6-14-8-11/h4-5,11,14H,2-3,6,8H2,1H3,(H,15,16). The van der Waals surface area contributed by atoms with Crippen molar-refractivity contribution in [3.8, 4) is 6.07 Å². The predicted molar refractivity (Wildman–Crippen MR) is 63.2 cm³/mol. The molecule has 0 radical (unpaired) electrons. The van der Waals surface area contributed by atoms with Crippen LogP contribution in [0.25, 0.3) is 0 Å². The number of nitrogens with one attached hydrogen (secondary N) is 2. The maximum absolute atomic E-state index is 8.81. The number of nitriles is 1. The molecule has 1 aliphatic rings. The number of hydrogen-bond donors (Lipinski definition) is 2. The lowest BCUT2D eigenvalue weighted by Crippen LogP contribution is -2.38. The van der Waals surface area contributed by atoms with Crippen LogP contribution in [-0.4, -0.2) is 24.1 Å². The van der Waals surface area contributed by atoms with Crippen LogP contribution in [0.4, 0.5) is 5.82 Å². The summed E-state index contributed by atoms with van der Waals surface area (Å²) in [6.45, 7) is 3.96. The van der Waals surface area contributed by atoms with E-state index in [0.717, 1.165) is 24.6 Å². The van der Waals surface area contributed by atoms with Gasteiger partial charge in [0.25, 0.3) is 0 Å². The van der Waals surface area contributed by atoms with Gasteiger partial charge < -0.3 is 10.6 Å². The number of hydrogen-bond acceptors (Lipinski definition) is 4. The number of anilines is 1. The Kier molecular flexibility index (Phi) is 3.37. The van der Waals surface area contributed by atoms with Crippen LogP contribution in [0.2, 0.25) is 0 Å². The molecule has 0 aliphatic carbocycles. The van der Waals surface area contributed by atoms with Gasteiger partial charge in [0, 0.05) is 12.6 Å². The molecule has 0 saturated carbocycles. The number of piperidine rings is 1. The molecule has 1 aromatic heterocycles. The topological polar surface area (TPSA) is 60.7 Å². The van der Waals surface area contributed by atoms with E-state index in [2.05, 4.69) is 21.7 Å². The molecule has 0 spiro atoms. The van der Waals surface area contributed by atoms with E-state index in [1.807, 2.05) is 19.1 Å². The van der Waals surface area contributed by atoms with Crippen LogP contribution in [0.5, 0.6) is 0 Å². The maximum atomic E-state index is 8.81. The van der Waals surface area contributed by atoms with E-state index in [1.165, 1.54) is 12.8 Å². The van der Waals surface area contributed by atoms with Gasteiger partial charge in [0.1, 0.15) is 11.9 Å². The van der Waals surface area contributed by atoms with Crippen LogP contribution >= 0.6 is 0 Å². The fourth-order valence-corrected chi connectivity index (χ4v) is 1.94. The normalized spacial score (nSPS) is 20.1. The summed E-state index contributed by atoms with van der Waals surface area (Å²) in [7, 11) is 0. The summed E-state index contributed by atoms with van der Waals surface area (Å²) in [6, 6.07) is 6.27. The smallest absolute Gasteiger partial charge is 0.126 e. The molecule has 4 heteroatoms. The quantitative estimate of drug-likeness (QED) is 0.785. The van der Waals surface area contributed by atoms with Crippen LogP contribution in [-0.2, 0) is 0 Å². The first-order valence-corrected chi connectivity index (χ1v) is 5.64. The Morgan fingerprint density at radius 2 is 2.44 bits per heavy atom. The van der Waals surface area contributed by atoms with Gasteiger partial charge >= 0.3 is 0 Å². The molecule has 1 atom stereocenters. The van der Waals surface area contributed by atoms with Crippen LogP contribution in [0.15, 0.2) is 12.1 Å². The summed E-state index contributed by atoms with van der Waals surface area (Å²) in [5.41, 5.74) is 1.43. The molecule has 0 aromatic carbocycles. The molecular weight excluding hydrogens is 200 g/mol. The average molecular weight is 216 g/mol. The van der Waals surface area contributed by atoms with Crippen LogP contribution in [0.1, 0.15) is 24.1 Å². The van der Waals surface area contributed by atoms with E-state index in [1.54, 1.807) is 0 Å². The monoisotopic (exact) mass is 216 g/mol. The summed E-state index contributed by atoms with van der Waals surface area (Å²) in [5.74, 6) is 0.866. The summed E-state index contributed by atoms with van der Waals surface area (Å²) in [5, 5.41) is 15.5. The predicted octanol–water partition coefficient (Wildman–Crippen LogP) is 1.43. The molecular formula is C12H16N4. The lowest BCUT2D eigenvalue weighted by atomic mass is 10.1. The zero-order chi connectivity index (χ0) is 11.4. The zero-order valence-corrected chi connectivity index (χ0v) is 9.45. The van der Waals surface area contributed by atoms with Gasteiger partial charge in [-0.25, -0.2) is 4.98 Å². The molecule has 4 nitrogen and oxygen atoms in total. The van der Waals surface area contributed by atoms with Crippen molar-refractivity contribution in [3.63, 3.8) is 0 Å². The fourth-order valence-electron chi connectivity index (χ4n) is 1.94. The van der Waals surface area contributed by atoms with Gasteiger partial charge in [-0.2, -0.15) is 5.26 Å². The van der Waals surface area contributed by atoms with Crippen molar-refractivity contribution in [3.05, 3.63) is 23.4 Å². The highest BCUT2D eigenvalue weighted by molar-refractivity contribution is 5.43. The van der Waals surface area contributed by atoms with Crippen molar-refractivity contribution in [2.24, 2.45) is 0 Å². The Labute approximate surface area is 95.7 Å². The highest BCUT2D eigenvalue weighted by Crippen LogP contribution is 2.13. The molecule has 2 rings (SSSR count). The van der Waals surface area contributed by atoms with Crippen molar-refractivity contribution in [1.29, 1.82) is 5.26 Å². The Morgan fingerprint density at radius 3 is 3.06 bits per heavy atom. The molecule has 1 aliphatic heterocycles. The lowest BCUT2D eigenvalue weighted by molar-refractivity contribution is 0.479. The van der Waals surface area contributed by atoms with Crippen molar-refractivity contribution in [2.75, 3.05) is 18.4 Å². The maximum Gasteiger partial charge on any atom is 0.126 e. The Morgan fingerprint density at radius 1 is 1.56 bits per heavy atom. The first-order valence-electron chi connectivity index (χ1n) is 5.64. The summed E-state index contributed by atoms with van der Waals surface area (Å²) < 4.78 is 0. The van der Waals surface area contributed by atoms with E-state index in [0.29, 0.717) is 11.6 Å². The van der Waals surface area contributed by atoms with Gasteiger partial charge in [-0.1, -0.05) is 0 Å². The molecule has 1 unspecified atom stereocenters. The summed E-state index contributed by atoms with van der Waals surface area (Å²) in [6.07, 6.45) is 2.38. The van der Waals surface area contributed by atoms with Gasteiger partial charge in [-0.15, -0.1) is 0 Å². The second-order valence-electron chi connectivity index (χ2n) is 4.13. The minimum atomic E-state index is 0.452. The van der Waals surface area contributed by atoms with Crippen molar-refractivity contribution < 1.29 is 0 Å². The number of aromatic nitrogens is 1. The lowest BCUT2D eigenvalue weighted by Gasteiger charge is -2.24. The summed E-state index contributed by atoms with van der Waals surface area (Å²) >= 11 is 0. The minimum Gasteiger partial charge on any atom is -0.366 e. The van der Waals surface area contributed by atoms with Crippen molar-refractivity contribution in [1.82, 2.24) is 10.3 Å². The van der Waals surface area contributed by atoms with Gasteiger partial charge in [0.15, 0.2) is 0 Å². The second-order valence-corrected chi connectivity index (χ2v) is 4.13. The van der Waals surface area contributed by atoms with E-state index in [-0.39, 0.29) is 0 Å². The average Bonchev–Trinajstić information content (AvgIpc) is 2.31. The van der Waals surface area contributed by atoms with E-state index >= 15 is 0 Å². The molecule has 1 fully saturated rings. The Hall–Kier alpha value is -1.60. The minimum absolute atomic E-state index is 0.452. The van der Waals surface area contributed by atoms with Crippen molar-refractivity contribution >= 4 is 5.82 Å². The third-order valence-electron chi connectivity index (χ3n) is 2.86. The van der Waals surface area contributed by atoms with E-state index < -0.39 is 0 Å². The summed E-state index contributed by atoms with van der Waals surface area (Å²) in [4.78, 5) is 4.38. The van der Waals surface area contributed by atoms with Gasteiger partial charge in [-0.3, -0.25) is 0 Å². The number of pyridine rings is 1. The first kappa shape index (κ1) is 10.9. The highest BCUT2D eigenvalue weighted by atomic mass is 15.1. The Balaban J connectivity index is 2.04. The molecule has 2 N–H and O–H groups in total. The van der Waals surface area contributed by atoms with Gasteiger partial charge in [0.05, 0.1) is 11.3 Å². The molecule has 1 aromatic rings. The highest BCUT2D eigenvalue weighted by Gasteiger charge is 2.13. The van der Waals surface area contributed by atoms with Gasteiger partial charge in [-0.05, 0) is 38.4 Å². The molecule has 0 amide bonds. The molecule has 1 saturated heterocycles. The molecule has 16 heavy (non-hydrogen) atoms. The number of nitrogens with zero attached hydrogens (tertiary/aromatic N) is 2. The molecule has 84 valence electrons. The second kappa shape index (κ2) is 4.95. The van der Waals surface area contributed by atoms with E-state index in [4.69, 9.17) is 5.26 Å². The fraction of sp³-hybridized carbons (Fsp3) is 0.500. The third kappa shape index (κ3) is 2.50. The van der Waals surface area contributed by atoms with Crippen LogP contribution in [0, 0.1) is 18.3 Å². The molecule has 2 heterocycles. The van der Waals surface area contributed by atoms with Crippen LogP contribution < -0.4 is 10.6 Å². The molecule has 0 bridgehead atoms. The van der Waals surface area contributed by atoms with E-state index in [9.17, 15) is 0 Å².